The van der Waals surface area contributed by atoms with Crippen molar-refractivity contribution in [3.05, 3.63) is 18.2 Å². The number of nitrogens with one attached hydrogen (secondary N) is 1. The van der Waals surface area contributed by atoms with Crippen molar-refractivity contribution >= 4 is 5.91 Å². The van der Waals surface area contributed by atoms with Crippen LogP contribution in [0.5, 0.6) is 0 Å². The van der Waals surface area contributed by atoms with Crippen LogP contribution in [0.2, 0.25) is 0 Å². The van der Waals surface area contributed by atoms with Crippen molar-refractivity contribution in [1.82, 2.24) is 14.9 Å². The van der Waals surface area contributed by atoms with E-state index in [4.69, 9.17) is 5.73 Å². The zero-order valence-electron chi connectivity index (χ0n) is 8.10. The highest BCUT2D eigenvalue weighted by molar-refractivity contribution is 5.80. The van der Waals surface area contributed by atoms with E-state index in [9.17, 15) is 4.79 Å². The van der Waals surface area contributed by atoms with E-state index in [1.807, 2.05) is 6.92 Å². The van der Waals surface area contributed by atoms with Crippen LogP contribution in [-0.2, 0) is 4.79 Å². The second-order valence-electron chi connectivity index (χ2n) is 3.47. The molecule has 0 aliphatic carbocycles. The van der Waals surface area contributed by atoms with Gasteiger partial charge in [-0.25, -0.2) is 4.98 Å². The van der Waals surface area contributed by atoms with Gasteiger partial charge in [-0.2, -0.15) is 0 Å². The predicted octanol–water partition coefficient (Wildman–Crippen LogP) is 0.0303. The van der Waals surface area contributed by atoms with Crippen LogP contribution >= 0.6 is 0 Å². The van der Waals surface area contributed by atoms with E-state index in [0.29, 0.717) is 13.0 Å². The number of hydrogen-bond acceptors (Lipinski definition) is 3. The fraction of sp³-hybridized carbons (Fsp3) is 0.556. The minimum atomic E-state index is -0.145. The molecule has 76 valence electrons. The van der Waals surface area contributed by atoms with Crippen molar-refractivity contribution in [2.24, 2.45) is 5.73 Å². The van der Waals surface area contributed by atoms with Gasteiger partial charge in [-0.3, -0.25) is 4.79 Å². The predicted molar refractivity (Wildman–Crippen MR) is 51.3 cm³/mol. The molecule has 0 aromatic carbocycles. The maximum Gasteiger partial charge on any atom is 0.224 e. The molecule has 3 N–H and O–H groups in total. The number of carbonyl (C=O) groups excluding carboxylic acids is 1. The monoisotopic (exact) mass is 194 g/mol. The Labute approximate surface area is 82.3 Å². The van der Waals surface area contributed by atoms with E-state index in [2.05, 4.69) is 9.97 Å². The van der Waals surface area contributed by atoms with Gasteiger partial charge in [-0.1, -0.05) is 0 Å². The summed E-state index contributed by atoms with van der Waals surface area (Å²) in [5, 5.41) is 0. The lowest BCUT2D eigenvalue weighted by atomic mass is 10.1. The van der Waals surface area contributed by atoms with Crippen LogP contribution < -0.4 is 5.73 Å². The van der Waals surface area contributed by atoms with Gasteiger partial charge in [0.05, 0.1) is 0 Å². The van der Waals surface area contributed by atoms with Crippen LogP contribution in [0.1, 0.15) is 25.2 Å². The number of aromatic nitrogens is 2. The first-order valence-corrected chi connectivity index (χ1v) is 4.78. The Kier molecular flexibility index (Phi) is 2.25. The number of rotatable bonds is 2. The van der Waals surface area contributed by atoms with Gasteiger partial charge in [0.25, 0.3) is 0 Å². The first kappa shape index (κ1) is 9.21. The molecular weight excluding hydrogens is 180 g/mol. The first-order chi connectivity index (χ1) is 6.74. The molecule has 0 saturated carbocycles. The lowest BCUT2D eigenvalue weighted by Crippen LogP contribution is -2.33. The molecule has 14 heavy (non-hydrogen) atoms. The van der Waals surface area contributed by atoms with Crippen LogP contribution in [0, 0.1) is 0 Å². The Hall–Kier alpha value is -1.36. The van der Waals surface area contributed by atoms with Gasteiger partial charge < -0.3 is 15.6 Å². The molecule has 5 heteroatoms. The van der Waals surface area contributed by atoms with Crippen LogP contribution in [0.15, 0.2) is 12.4 Å². The van der Waals surface area contributed by atoms with Crippen molar-refractivity contribution < 1.29 is 4.79 Å². The van der Waals surface area contributed by atoms with E-state index in [1.54, 1.807) is 17.3 Å². The van der Waals surface area contributed by atoms with Crippen LogP contribution in [0.3, 0.4) is 0 Å². The molecule has 1 saturated heterocycles. The normalized spacial score (nSPS) is 27.3. The van der Waals surface area contributed by atoms with Gasteiger partial charge in [0.2, 0.25) is 5.91 Å². The van der Waals surface area contributed by atoms with Crippen molar-refractivity contribution in [1.29, 1.82) is 0 Å². The summed E-state index contributed by atoms with van der Waals surface area (Å²) < 4.78 is 0. The highest BCUT2D eigenvalue weighted by Crippen LogP contribution is 2.29. The van der Waals surface area contributed by atoms with Gasteiger partial charge in [-0.05, 0) is 6.92 Å². The van der Waals surface area contributed by atoms with Gasteiger partial charge >= 0.3 is 0 Å². The number of nitrogens with two attached hydrogens (primary N) is 1. The smallest absolute Gasteiger partial charge is 0.224 e. The van der Waals surface area contributed by atoms with E-state index in [1.165, 1.54) is 0 Å². The number of likely N-dealkylation sites (N-methyl/N-ethyl adjacent to an activating group) is 1. The lowest BCUT2D eigenvalue weighted by molar-refractivity contribution is -0.128. The quantitative estimate of drug-likeness (QED) is 0.697. The number of nitrogens with zero attached hydrogens (tertiary/aromatic N) is 2. The minimum absolute atomic E-state index is 0.0810. The van der Waals surface area contributed by atoms with Crippen molar-refractivity contribution in [3.8, 4) is 0 Å². The van der Waals surface area contributed by atoms with E-state index in [0.717, 1.165) is 5.82 Å². The number of H-pyrrole nitrogens is 1. The summed E-state index contributed by atoms with van der Waals surface area (Å²) in [6.07, 6.45) is 3.84. The van der Waals surface area contributed by atoms with Crippen LogP contribution in [-0.4, -0.2) is 33.4 Å². The van der Waals surface area contributed by atoms with Gasteiger partial charge in [0.1, 0.15) is 11.9 Å². The summed E-state index contributed by atoms with van der Waals surface area (Å²) in [6.45, 7) is 2.63. The Balaban J connectivity index is 2.28. The summed E-state index contributed by atoms with van der Waals surface area (Å²) in [6, 6.07) is -0.226. The first-order valence-electron chi connectivity index (χ1n) is 4.78. The third-order valence-electron chi connectivity index (χ3n) is 2.61. The fourth-order valence-electron chi connectivity index (χ4n) is 1.98. The molecule has 0 bridgehead atoms. The molecule has 5 nitrogen and oxygen atoms in total. The molecule has 1 fully saturated rings. The number of hydrogen-bond donors (Lipinski definition) is 2. The highest BCUT2D eigenvalue weighted by Gasteiger charge is 2.38. The van der Waals surface area contributed by atoms with Crippen molar-refractivity contribution in [3.63, 3.8) is 0 Å². The summed E-state index contributed by atoms with van der Waals surface area (Å²) >= 11 is 0. The number of imidazole rings is 1. The number of carbonyl (C=O) groups is 1. The molecule has 1 aromatic rings. The topological polar surface area (TPSA) is 75.0 Å². The molecule has 0 spiro atoms. The molecular formula is C9H14N4O. The standard InChI is InChI=1S/C9H14N4O/c1-2-13-7(14)5-6(10)8(13)9-11-3-4-12-9/h3-4,6,8H,2,5,10H2,1H3,(H,11,12)/t6-,8-/m0/s1. The van der Waals surface area contributed by atoms with Gasteiger partial charge in [0.15, 0.2) is 0 Å². The summed E-state index contributed by atoms with van der Waals surface area (Å²) in [5.41, 5.74) is 5.90. The summed E-state index contributed by atoms with van der Waals surface area (Å²) in [7, 11) is 0. The summed E-state index contributed by atoms with van der Waals surface area (Å²) in [5.74, 6) is 0.895. The number of aromatic amines is 1. The number of likely N-dealkylation sites (tertiary alicyclic amines) is 1. The molecule has 1 aliphatic heterocycles. The Morgan fingerprint density at radius 3 is 3.14 bits per heavy atom. The third kappa shape index (κ3) is 1.29. The second kappa shape index (κ2) is 3.42. The SMILES string of the molecule is CCN1C(=O)C[C@H](N)[C@H]1c1ncc[nH]1. The van der Waals surface area contributed by atoms with Crippen LogP contribution in [0.25, 0.3) is 0 Å². The molecule has 1 aliphatic rings. The molecule has 2 heterocycles. The van der Waals surface area contributed by atoms with Crippen LogP contribution in [0.4, 0.5) is 0 Å². The average Bonchev–Trinajstić information content (AvgIpc) is 2.72. The summed E-state index contributed by atoms with van der Waals surface area (Å²) in [4.78, 5) is 20.5. The lowest BCUT2D eigenvalue weighted by Gasteiger charge is -2.23. The van der Waals surface area contributed by atoms with E-state index >= 15 is 0 Å². The molecule has 0 unspecified atom stereocenters. The van der Waals surface area contributed by atoms with E-state index < -0.39 is 0 Å². The third-order valence-corrected chi connectivity index (χ3v) is 2.61. The molecule has 2 atom stereocenters. The number of amides is 1. The van der Waals surface area contributed by atoms with Gasteiger partial charge in [-0.15, -0.1) is 0 Å². The van der Waals surface area contributed by atoms with Gasteiger partial charge in [0, 0.05) is 31.4 Å². The minimum Gasteiger partial charge on any atom is -0.347 e. The largest absolute Gasteiger partial charge is 0.347 e. The maximum absolute atomic E-state index is 11.5. The Morgan fingerprint density at radius 2 is 2.57 bits per heavy atom. The zero-order valence-corrected chi connectivity index (χ0v) is 8.10. The average molecular weight is 194 g/mol. The molecule has 0 radical (unpaired) electrons. The second-order valence-corrected chi connectivity index (χ2v) is 3.47. The molecule has 1 aromatic heterocycles. The Bertz CT molecular complexity index is 322. The fourth-order valence-corrected chi connectivity index (χ4v) is 1.98. The van der Waals surface area contributed by atoms with Crippen molar-refractivity contribution in [2.75, 3.05) is 6.54 Å². The highest BCUT2D eigenvalue weighted by atomic mass is 16.2. The van der Waals surface area contributed by atoms with E-state index in [-0.39, 0.29) is 18.0 Å². The molecule has 1 amide bonds. The van der Waals surface area contributed by atoms with Crippen molar-refractivity contribution in [2.45, 2.75) is 25.4 Å². The zero-order chi connectivity index (χ0) is 10.1. The molecule has 2 rings (SSSR count). The maximum atomic E-state index is 11.5. The Morgan fingerprint density at radius 1 is 1.79 bits per heavy atom.